The molecule has 0 aliphatic rings. The quantitative estimate of drug-likeness (QED) is 0.807. The standard InChI is InChI=1S/C13H13FN2O2/c1-3-15-8-9(2)12(17)16(13(15)18)11-6-4-10(14)5-7-11/h4-8H,3H2,1-2H3. The Morgan fingerprint density at radius 3 is 2.33 bits per heavy atom. The number of aromatic nitrogens is 2. The summed E-state index contributed by atoms with van der Waals surface area (Å²) in [6, 6.07) is 5.27. The molecule has 0 atom stereocenters. The van der Waals surface area contributed by atoms with Crippen molar-refractivity contribution in [2.75, 3.05) is 0 Å². The van der Waals surface area contributed by atoms with Crippen LogP contribution in [0.15, 0.2) is 40.1 Å². The van der Waals surface area contributed by atoms with E-state index in [2.05, 4.69) is 0 Å². The van der Waals surface area contributed by atoms with Crippen molar-refractivity contribution in [3.8, 4) is 5.69 Å². The molecule has 5 heteroatoms. The van der Waals surface area contributed by atoms with Gasteiger partial charge < -0.3 is 4.57 Å². The van der Waals surface area contributed by atoms with Gasteiger partial charge in [0.1, 0.15) is 5.82 Å². The number of rotatable bonds is 2. The fourth-order valence-electron chi connectivity index (χ4n) is 1.78. The van der Waals surface area contributed by atoms with Gasteiger partial charge in [-0.25, -0.2) is 13.8 Å². The predicted octanol–water partition coefficient (Wildman–Crippen LogP) is 1.47. The van der Waals surface area contributed by atoms with Crippen molar-refractivity contribution in [1.29, 1.82) is 0 Å². The molecule has 0 unspecified atom stereocenters. The first-order valence-corrected chi connectivity index (χ1v) is 5.63. The largest absolute Gasteiger partial charge is 0.335 e. The minimum atomic E-state index is -0.417. The van der Waals surface area contributed by atoms with Gasteiger partial charge in [0.15, 0.2) is 0 Å². The van der Waals surface area contributed by atoms with Crippen LogP contribution < -0.4 is 11.2 Å². The second-order valence-corrected chi connectivity index (χ2v) is 4.00. The first-order valence-electron chi connectivity index (χ1n) is 5.63. The maximum absolute atomic E-state index is 12.9. The molecular formula is C13H13FN2O2. The van der Waals surface area contributed by atoms with Gasteiger partial charge in [0.05, 0.1) is 5.69 Å². The monoisotopic (exact) mass is 248 g/mol. The zero-order chi connectivity index (χ0) is 13.3. The fourth-order valence-corrected chi connectivity index (χ4v) is 1.78. The van der Waals surface area contributed by atoms with Crippen molar-refractivity contribution in [2.24, 2.45) is 0 Å². The molecule has 2 rings (SSSR count). The van der Waals surface area contributed by atoms with Gasteiger partial charge in [-0.3, -0.25) is 4.79 Å². The molecule has 0 aliphatic carbocycles. The first-order chi connectivity index (χ1) is 8.54. The lowest BCUT2D eigenvalue weighted by Gasteiger charge is -2.10. The fraction of sp³-hybridized carbons (Fsp3) is 0.231. The first kappa shape index (κ1) is 12.3. The van der Waals surface area contributed by atoms with Gasteiger partial charge in [0, 0.05) is 18.3 Å². The third kappa shape index (κ3) is 1.99. The highest BCUT2D eigenvalue weighted by molar-refractivity contribution is 5.32. The molecule has 0 amide bonds. The van der Waals surface area contributed by atoms with E-state index in [4.69, 9.17) is 0 Å². The summed E-state index contributed by atoms with van der Waals surface area (Å²) in [6.07, 6.45) is 1.53. The lowest BCUT2D eigenvalue weighted by Crippen LogP contribution is -2.39. The van der Waals surface area contributed by atoms with Crippen LogP contribution in [0.3, 0.4) is 0 Å². The summed E-state index contributed by atoms with van der Waals surface area (Å²) < 4.78 is 15.4. The van der Waals surface area contributed by atoms with Crippen LogP contribution in [0.4, 0.5) is 4.39 Å². The van der Waals surface area contributed by atoms with E-state index in [0.29, 0.717) is 17.8 Å². The van der Waals surface area contributed by atoms with E-state index >= 15 is 0 Å². The van der Waals surface area contributed by atoms with Crippen LogP contribution in [0, 0.1) is 12.7 Å². The molecule has 1 heterocycles. The maximum atomic E-state index is 12.9. The van der Waals surface area contributed by atoms with Crippen LogP contribution in [0.1, 0.15) is 12.5 Å². The maximum Gasteiger partial charge on any atom is 0.335 e. The third-order valence-electron chi connectivity index (χ3n) is 2.75. The van der Waals surface area contributed by atoms with E-state index in [0.717, 1.165) is 4.57 Å². The van der Waals surface area contributed by atoms with Crippen LogP contribution in [-0.4, -0.2) is 9.13 Å². The molecule has 18 heavy (non-hydrogen) atoms. The second-order valence-electron chi connectivity index (χ2n) is 4.00. The summed E-state index contributed by atoms with van der Waals surface area (Å²) in [6.45, 7) is 3.94. The zero-order valence-electron chi connectivity index (χ0n) is 10.2. The average molecular weight is 248 g/mol. The molecule has 94 valence electrons. The lowest BCUT2D eigenvalue weighted by molar-refractivity contribution is 0.625. The van der Waals surface area contributed by atoms with Gasteiger partial charge in [-0.15, -0.1) is 0 Å². The lowest BCUT2D eigenvalue weighted by atomic mass is 10.3. The van der Waals surface area contributed by atoms with E-state index in [1.165, 1.54) is 35.0 Å². The topological polar surface area (TPSA) is 44.0 Å². The number of benzene rings is 1. The Hall–Kier alpha value is -2.17. The Kier molecular flexibility index (Phi) is 3.14. The SMILES string of the molecule is CCn1cc(C)c(=O)n(-c2ccc(F)cc2)c1=O. The number of hydrogen-bond acceptors (Lipinski definition) is 2. The molecule has 0 aliphatic heterocycles. The van der Waals surface area contributed by atoms with Gasteiger partial charge in [-0.2, -0.15) is 0 Å². The predicted molar refractivity (Wildman–Crippen MR) is 66.7 cm³/mol. The highest BCUT2D eigenvalue weighted by Gasteiger charge is 2.09. The normalized spacial score (nSPS) is 10.6. The Labute approximate surface area is 103 Å². The van der Waals surface area contributed by atoms with Crippen LogP contribution >= 0.6 is 0 Å². The van der Waals surface area contributed by atoms with Crippen molar-refractivity contribution in [3.05, 3.63) is 62.7 Å². The van der Waals surface area contributed by atoms with Crippen molar-refractivity contribution in [2.45, 2.75) is 20.4 Å². The number of aryl methyl sites for hydroxylation is 2. The summed E-state index contributed by atoms with van der Waals surface area (Å²) in [4.78, 5) is 24.1. The summed E-state index contributed by atoms with van der Waals surface area (Å²) in [5, 5.41) is 0. The molecule has 1 aromatic heterocycles. The van der Waals surface area contributed by atoms with E-state index in [9.17, 15) is 14.0 Å². The molecule has 4 nitrogen and oxygen atoms in total. The Morgan fingerprint density at radius 1 is 1.17 bits per heavy atom. The van der Waals surface area contributed by atoms with Gasteiger partial charge in [0.25, 0.3) is 5.56 Å². The Morgan fingerprint density at radius 2 is 1.78 bits per heavy atom. The summed E-state index contributed by atoms with van der Waals surface area (Å²) in [5.74, 6) is -0.407. The third-order valence-corrected chi connectivity index (χ3v) is 2.75. The van der Waals surface area contributed by atoms with Crippen molar-refractivity contribution >= 4 is 0 Å². The van der Waals surface area contributed by atoms with Crippen molar-refractivity contribution in [1.82, 2.24) is 9.13 Å². The van der Waals surface area contributed by atoms with Gasteiger partial charge in [-0.05, 0) is 38.1 Å². The van der Waals surface area contributed by atoms with Crippen molar-refractivity contribution in [3.63, 3.8) is 0 Å². The molecule has 1 aromatic carbocycles. The summed E-state index contributed by atoms with van der Waals surface area (Å²) in [7, 11) is 0. The van der Waals surface area contributed by atoms with Crippen LogP contribution in [0.2, 0.25) is 0 Å². The average Bonchev–Trinajstić information content (AvgIpc) is 2.36. The molecule has 0 spiro atoms. The van der Waals surface area contributed by atoms with Gasteiger partial charge in [0.2, 0.25) is 0 Å². The highest BCUT2D eigenvalue weighted by atomic mass is 19.1. The Balaban J connectivity index is 2.78. The number of nitrogens with zero attached hydrogens (tertiary/aromatic N) is 2. The summed E-state index contributed by atoms with van der Waals surface area (Å²) in [5.41, 5.74) is 0.0501. The summed E-state index contributed by atoms with van der Waals surface area (Å²) >= 11 is 0. The molecule has 2 aromatic rings. The number of halogens is 1. The van der Waals surface area contributed by atoms with Crippen LogP contribution in [0.25, 0.3) is 5.69 Å². The molecule has 0 bridgehead atoms. The van der Waals surface area contributed by atoms with Crippen molar-refractivity contribution < 1.29 is 4.39 Å². The second kappa shape index (κ2) is 4.60. The van der Waals surface area contributed by atoms with Crippen LogP contribution in [0.5, 0.6) is 0 Å². The minimum absolute atomic E-state index is 0.373. The van der Waals surface area contributed by atoms with Gasteiger partial charge in [-0.1, -0.05) is 0 Å². The molecule has 0 fully saturated rings. The molecule has 0 radical (unpaired) electrons. The van der Waals surface area contributed by atoms with E-state index in [-0.39, 0.29) is 5.56 Å². The highest BCUT2D eigenvalue weighted by Crippen LogP contribution is 2.05. The van der Waals surface area contributed by atoms with Crippen LogP contribution in [-0.2, 0) is 6.54 Å². The molecule has 0 saturated heterocycles. The smallest absolute Gasteiger partial charge is 0.300 e. The van der Waals surface area contributed by atoms with E-state index in [1.807, 2.05) is 6.92 Å². The zero-order valence-corrected chi connectivity index (χ0v) is 10.2. The number of hydrogen-bond donors (Lipinski definition) is 0. The Bertz CT molecular complexity index is 684. The van der Waals surface area contributed by atoms with Gasteiger partial charge >= 0.3 is 5.69 Å². The van der Waals surface area contributed by atoms with E-state index < -0.39 is 11.5 Å². The molecule has 0 saturated carbocycles. The molecule has 0 N–H and O–H groups in total. The minimum Gasteiger partial charge on any atom is -0.300 e. The van der Waals surface area contributed by atoms with E-state index in [1.54, 1.807) is 6.92 Å². The molecular weight excluding hydrogens is 235 g/mol.